The summed E-state index contributed by atoms with van der Waals surface area (Å²) in [5.41, 5.74) is 0.741. The molecule has 0 saturated heterocycles. The maximum absolute atomic E-state index is 13.1. The number of carbonyl (C=O) groups excluding carboxylic acids is 1. The van der Waals surface area contributed by atoms with Crippen LogP contribution in [0.25, 0.3) is 10.2 Å². The highest BCUT2D eigenvalue weighted by Gasteiger charge is 2.26. The van der Waals surface area contributed by atoms with Crippen molar-refractivity contribution in [1.82, 2.24) is 9.88 Å². The minimum Gasteiger partial charge on any atom is -0.309 e. The first-order valence-electron chi connectivity index (χ1n) is 9.15. The van der Waals surface area contributed by atoms with Crippen LogP contribution in [-0.4, -0.2) is 57.1 Å². The average Bonchev–Trinajstić information content (AvgIpc) is 3.07. The van der Waals surface area contributed by atoms with Crippen LogP contribution in [0.1, 0.15) is 6.42 Å². The first-order valence-corrected chi connectivity index (χ1v) is 12.4. The van der Waals surface area contributed by atoms with Gasteiger partial charge in [0.05, 0.1) is 15.1 Å². The van der Waals surface area contributed by atoms with Crippen LogP contribution >= 0.6 is 39.7 Å². The zero-order chi connectivity index (χ0) is 21.9. The lowest BCUT2D eigenvalue weighted by atomic mass is 10.3. The Morgan fingerprint density at radius 3 is 2.45 bits per heavy atom. The lowest BCUT2D eigenvalue weighted by Gasteiger charge is -2.21. The van der Waals surface area contributed by atoms with E-state index in [2.05, 4.69) is 20.9 Å². The Hall–Kier alpha value is -1.59. The van der Waals surface area contributed by atoms with E-state index < -0.39 is 27.3 Å². The fourth-order valence-corrected chi connectivity index (χ4v) is 5.60. The van der Waals surface area contributed by atoms with Crippen molar-refractivity contribution in [3.05, 3.63) is 52.8 Å². The van der Waals surface area contributed by atoms with Crippen molar-refractivity contribution < 1.29 is 17.6 Å². The molecule has 1 aromatic heterocycles. The van der Waals surface area contributed by atoms with Crippen molar-refractivity contribution in [3.8, 4) is 0 Å². The molecule has 1 amide bonds. The number of sulfone groups is 1. The third-order valence-electron chi connectivity index (χ3n) is 4.34. The zero-order valence-corrected chi connectivity index (χ0v) is 21.0. The summed E-state index contributed by atoms with van der Waals surface area (Å²) in [6.45, 7) is 1.09. The third-order valence-corrected chi connectivity index (χ3v) is 7.50. The molecule has 0 fully saturated rings. The fraction of sp³-hybridized carbons (Fsp3) is 0.300. The fourth-order valence-electron chi connectivity index (χ4n) is 2.84. The van der Waals surface area contributed by atoms with E-state index in [-0.39, 0.29) is 17.3 Å². The summed E-state index contributed by atoms with van der Waals surface area (Å²) in [6.07, 6.45) is 0.662. The standard InChI is InChI=1S/C20H21BrFN3O3S2.ClH/c1-24(2)10-3-11-25(20-23-17-9-4-14(21)12-18(17)29-20)19(26)13-30(27,28)16-7-5-15(22)6-8-16;/h4-9,12H,3,10-11,13H2,1-2H3;1H. The Morgan fingerprint density at radius 2 is 1.81 bits per heavy atom. The molecule has 31 heavy (non-hydrogen) atoms. The Morgan fingerprint density at radius 1 is 1.13 bits per heavy atom. The molecule has 0 radical (unpaired) electrons. The van der Waals surface area contributed by atoms with Crippen LogP contribution in [0.15, 0.2) is 51.8 Å². The van der Waals surface area contributed by atoms with E-state index in [9.17, 15) is 17.6 Å². The molecule has 0 bridgehead atoms. The lowest BCUT2D eigenvalue weighted by molar-refractivity contribution is -0.116. The number of nitrogens with zero attached hydrogens (tertiary/aromatic N) is 3. The molecule has 3 aromatic rings. The molecule has 0 unspecified atom stereocenters. The molecule has 11 heteroatoms. The van der Waals surface area contributed by atoms with Crippen LogP contribution in [0.5, 0.6) is 0 Å². The Balaban J connectivity index is 0.00000341. The summed E-state index contributed by atoms with van der Waals surface area (Å²) in [5, 5.41) is 0.459. The largest absolute Gasteiger partial charge is 0.309 e. The highest BCUT2D eigenvalue weighted by Crippen LogP contribution is 2.31. The predicted octanol–water partition coefficient (Wildman–Crippen LogP) is 4.38. The van der Waals surface area contributed by atoms with E-state index in [4.69, 9.17) is 0 Å². The minimum absolute atomic E-state index is 0. The molecule has 3 rings (SSSR count). The third kappa shape index (κ3) is 6.69. The summed E-state index contributed by atoms with van der Waals surface area (Å²) >= 11 is 4.76. The van der Waals surface area contributed by atoms with Crippen LogP contribution in [0.3, 0.4) is 0 Å². The van der Waals surface area contributed by atoms with Gasteiger partial charge in [0.25, 0.3) is 0 Å². The van der Waals surface area contributed by atoms with E-state index in [1.165, 1.54) is 28.4 Å². The van der Waals surface area contributed by atoms with Crippen LogP contribution in [0.2, 0.25) is 0 Å². The van der Waals surface area contributed by atoms with Gasteiger partial charge in [0, 0.05) is 11.0 Å². The van der Waals surface area contributed by atoms with Crippen LogP contribution in [0, 0.1) is 5.82 Å². The molecule has 1 heterocycles. The predicted molar refractivity (Wildman–Crippen MR) is 129 cm³/mol. The average molecular weight is 551 g/mol. The lowest BCUT2D eigenvalue weighted by Crippen LogP contribution is -2.37. The number of thiazole rings is 1. The second-order valence-electron chi connectivity index (χ2n) is 7.02. The summed E-state index contributed by atoms with van der Waals surface area (Å²) < 4.78 is 40.3. The van der Waals surface area contributed by atoms with E-state index in [1.807, 2.05) is 37.2 Å². The van der Waals surface area contributed by atoms with Crippen LogP contribution < -0.4 is 4.90 Å². The highest BCUT2D eigenvalue weighted by molar-refractivity contribution is 9.10. The molecule has 168 valence electrons. The second kappa shape index (κ2) is 10.8. The summed E-state index contributed by atoms with van der Waals surface area (Å²) in [7, 11) is -0.0445. The Bertz CT molecular complexity index is 1150. The number of fused-ring (bicyclic) bond motifs is 1. The summed E-state index contributed by atoms with van der Waals surface area (Å²) in [5.74, 6) is -1.80. The molecule has 0 N–H and O–H groups in total. The maximum Gasteiger partial charge on any atom is 0.244 e. The van der Waals surface area contributed by atoms with Crippen molar-refractivity contribution in [1.29, 1.82) is 0 Å². The van der Waals surface area contributed by atoms with Gasteiger partial charge in [-0.3, -0.25) is 9.69 Å². The zero-order valence-electron chi connectivity index (χ0n) is 16.9. The van der Waals surface area contributed by atoms with E-state index >= 15 is 0 Å². The quantitative estimate of drug-likeness (QED) is 0.389. The smallest absolute Gasteiger partial charge is 0.244 e. The van der Waals surface area contributed by atoms with Gasteiger partial charge in [-0.2, -0.15) is 0 Å². The number of amides is 1. The van der Waals surface area contributed by atoms with Gasteiger partial charge in [0.1, 0.15) is 11.6 Å². The SMILES string of the molecule is CN(C)CCCN(C(=O)CS(=O)(=O)c1ccc(F)cc1)c1nc2ccc(Br)cc2s1.Cl. The van der Waals surface area contributed by atoms with Crippen LogP contribution in [0.4, 0.5) is 9.52 Å². The minimum atomic E-state index is -3.91. The molecule has 0 saturated carbocycles. The highest BCUT2D eigenvalue weighted by atomic mass is 79.9. The monoisotopic (exact) mass is 549 g/mol. The van der Waals surface area contributed by atoms with Crippen molar-refractivity contribution in [3.63, 3.8) is 0 Å². The molecule has 0 atom stereocenters. The van der Waals surface area contributed by atoms with Gasteiger partial charge >= 0.3 is 0 Å². The molecule has 6 nitrogen and oxygen atoms in total. The molecule has 0 spiro atoms. The van der Waals surface area contributed by atoms with Gasteiger partial charge in [-0.15, -0.1) is 12.4 Å². The first-order chi connectivity index (χ1) is 14.2. The van der Waals surface area contributed by atoms with Crippen molar-refractivity contribution in [2.45, 2.75) is 11.3 Å². The molecular weight excluding hydrogens is 529 g/mol. The summed E-state index contributed by atoms with van der Waals surface area (Å²) in [6, 6.07) is 10.1. The van der Waals surface area contributed by atoms with E-state index in [0.29, 0.717) is 18.1 Å². The van der Waals surface area contributed by atoms with Crippen LogP contribution in [-0.2, 0) is 14.6 Å². The van der Waals surface area contributed by atoms with Crippen molar-refractivity contribution in [2.75, 3.05) is 37.8 Å². The van der Waals surface area contributed by atoms with Gasteiger partial charge in [-0.25, -0.2) is 17.8 Å². The van der Waals surface area contributed by atoms with E-state index in [0.717, 1.165) is 33.4 Å². The van der Waals surface area contributed by atoms with Crippen molar-refractivity contribution >= 4 is 70.8 Å². The number of halogens is 3. The number of aromatic nitrogens is 1. The molecule has 0 aliphatic carbocycles. The normalized spacial score (nSPS) is 11.5. The number of anilines is 1. The number of hydrogen-bond donors (Lipinski definition) is 0. The van der Waals surface area contributed by atoms with Gasteiger partial charge in [0.15, 0.2) is 15.0 Å². The Kier molecular flexibility index (Phi) is 8.96. The molecule has 2 aromatic carbocycles. The molecule has 0 aliphatic rings. The topological polar surface area (TPSA) is 70.6 Å². The Labute approximate surface area is 199 Å². The molecular formula is C20H22BrClFN3O3S2. The number of carbonyl (C=O) groups is 1. The number of benzene rings is 2. The van der Waals surface area contributed by atoms with Gasteiger partial charge in [-0.1, -0.05) is 27.3 Å². The van der Waals surface area contributed by atoms with Gasteiger partial charge in [0.2, 0.25) is 5.91 Å². The van der Waals surface area contributed by atoms with E-state index in [1.54, 1.807) is 0 Å². The van der Waals surface area contributed by atoms with Gasteiger partial charge < -0.3 is 4.90 Å². The second-order valence-corrected chi connectivity index (χ2v) is 10.9. The first kappa shape index (κ1) is 25.7. The van der Waals surface area contributed by atoms with Gasteiger partial charge in [-0.05, 0) is 69.5 Å². The number of hydrogen-bond acceptors (Lipinski definition) is 6. The summed E-state index contributed by atoms with van der Waals surface area (Å²) in [4.78, 5) is 20.9. The number of rotatable bonds is 8. The molecule has 0 aliphatic heterocycles. The maximum atomic E-state index is 13.1. The van der Waals surface area contributed by atoms with Crippen molar-refractivity contribution in [2.24, 2.45) is 0 Å².